The van der Waals surface area contributed by atoms with Gasteiger partial charge in [-0.25, -0.2) is 8.42 Å². The molecule has 37 heavy (non-hydrogen) atoms. The van der Waals surface area contributed by atoms with E-state index in [0.29, 0.717) is 47.8 Å². The van der Waals surface area contributed by atoms with Crippen LogP contribution in [0, 0.1) is 0 Å². The molecule has 0 bridgehead atoms. The zero-order valence-corrected chi connectivity index (χ0v) is 22.2. The number of sulfonamides is 1. The summed E-state index contributed by atoms with van der Waals surface area (Å²) in [6.45, 7) is 3.88. The number of fused-ring (bicyclic) bond motifs is 1. The molecule has 2 aliphatic rings. The Kier molecular flexibility index (Phi) is 7.68. The van der Waals surface area contributed by atoms with Crippen LogP contribution in [-0.4, -0.2) is 59.0 Å². The van der Waals surface area contributed by atoms with Crippen LogP contribution in [-0.2, 0) is 21.4 Å². The Morgan fingerprint density at radius 2 is 1.73 bits per heavy atom. The van der Waals surface area contributed by atoms with Gasteiger partial charge >= 0.3 is 0 Å². The van der Waals surface area contributed by atoms with Crippen LogP contribution in [0.5, 0.6) is 11.5 Å². The second-order valence-corrected chi connectivity index (χ2v) is 11.7. The summed E-state index contributed by atoms with van der Waals surface area (Å²) in [6.07, 6.45) is 3.92. The van der Waals surface area contributed by atoms with Gasteiger partial charge in [0.1, 0.15) is 0 Å². The highest BCUT2D eigenvalue weighted by Gasteiger charge is 2.25. The fourth-order valence-electron chi connectivity index (χ4n) is 4.40. The number of amides is 1. The molecule has 0 radical (unpaired) electrons. The molecule has 2 aromatic carbocycles. The third-order valence-corrected chi connectivity index (χ3v) is 9.22. The number of hydrogen-bond donors (Lipinski definition) is 1. The molecule has 0 spiro atoms. The van der Waals surface area contributed by atoms with Crippen LogP contribution in [0.4, 0.5) is 5.69 Å². The topological polar surface area (TPSA) is 116 Å². The van der Waals surface area contributed by atoms with Crippen molar-refractivity contribution in [2.45, 2.75) is 49.2 Å². The monoisotopic (exact) mass is 543 g/mol. The van der Waals surface area contributed by atoms with Crippen LogP contribution in [0.2, 0.25) is 0 Å². The number of aromatic nitrogens is 3. The molecular weight excluding hydrogens is 514 g/mol. The molecule has 12 heteroatoms. The Labute approximate surface area is 220 Å². The van der Waals surface area contributed by atoms with Crippen LogP contribution in [0.1, 0.15) is 32.6 Å². The molecule has 3 heterocycles. The van der Waals surface area contributed by atoms with Crippen molar-refractivity contribution < 1.29 is 22.7 Å². The van der Waals surface area contributed by atoms with Crippen molar-refractivity contribution in [1.29, 1.82) is 0 Å². The number of benzene rings is 2. The van der Waals surface area contributed by atoms with Crippen molar-refractivity contribution >= 4 is 33.4 Å². The number of carbonyl (C=O) groups excluding carboxylic acids is 1. The van der Waals surface area contributed by atoms with E-state index < -0.39 is 10.0 Å². The Bertz CT molecular complexity index is 1370. The summed E-state index contributed by atoms with van der Waals surface area (Å²) in [6, 6.07) is 12.1. The summed E-state index contributed by atoms with van der Waals surface area (Å²) in [5.41, 5.74) is 1.39. The predicted octanol–water partition coefficient (Wildman–Crippen LogP) is 3.99. The quantitative estimate of drug-likeness (QED) is 0.424. The standard InChI is InChI=1S/C25H29N5O5S2/c1-2-30-24(18-7-10-20(11-8-18)37(32,33)29-13-5-3-4-6-14-29)27-28-25(30)36-16-23(31)26-19-9-12-21-22(15-19)35-17-34-21/h7-12,15H,2-6,13-14,16-17H2,1H3,(H,26,31). The first-order chi connectivity index (χ1) is 18.0. The van der Waals surface area contributed by atoms with Crippen LogP contribution >= 0.6 is 11.8 Å². The number of rotatable bonds is 8. The summed E-state index contributed by atoms with van der Waals surface area (Å²) >= 11 is 1.29. The lowest BCUT2D eigenvalue weighted by Crippen LogP contribution is -2.31. The number of hydrogen-bond acceptors (Lipinski definition) is 8. The molecule has 0 aliphatic carbocycles. The van der Waals surface area contributed by atoms with Crippen molar-refractivity contribution in [2.24, 2.45) is 0 Å². The van der Waals surface area contributed by atoms with E-state index in [9.17, 15) is 13.2 Å². The predicted molar refractivity (Wildman–Crippen MR) is 140 cm³/mol. The van der Waals surface area contributed by atoms with Crippen molar-refractivity contribution in [2.75, 3.05) is 31.0 Å². The van der Waals surface area contributed by atoms with E-state index in [4.69, 9.17) is 9.47 Å². The number of thioether (sulfide) groups is 1. The van der Waals surface area contributed by atoms with E-state index in [1.807, 2.05) is 11.5 Å². The molecule has 1 aromatic heterocycles. The molecule has 0 saturated carbocycles. The molecule has 0 atom stereocenters. The maximum atomic E-state index is 13.1. The highest BCUT2D eigenvalue weighted by molar-refractivity contribution is 7.99. The lowest BCUT2D eigenvalue weighted by Gasteiger charge is -2.20. The summed E-state index contributed by atoms with van der Waals surface area (Å²) < 4.78 is 40.3. The number of anilines is 1. The zero-order valence-electron chi connectivity index (χ0n) is 20.6. The highest BCUT2D eigenvalue weighted by atomic mass is 32.2. The first-order valence-corrected chi connectivity index (χ1v) is 14.7. The fraction of sp³-hybridized carbons (Fsp3) is 0.400. The maximum absolute atomic E-state index is 13.1. The summed E-state index contributed by atoms with van der Waals surface area (Å²) in [4.78, 5) is 12.8. The molecule has 1 fully saturated rings. The summed E-state index contributed by atoms with van der Waals surface area (Å²) in [7, 11) is -3.52. The van der Waals surface area contributed by atoms with Gasteiger partial charge in [0.25, 0.3) is 0 Å². The van der Waals surface area contributed by atoms with Gasteiger partial charge in [-0.15, -0.1) is 10.2 Å². The molecule has 1 amide bonds. The van der Waals surface area contributed by atoms with E-state index in [1.54, 1.807) is 46.8 Å². The Balaban J connectivity index is 1.25. The normalized spacial score (nSPS) is 15.9. The van der Waals surface area contributed by atoms with Gasteiger partial charge < -0.3 is 19.4 Å². The van der Waals surface area contributed by atoms with Crippen molar-refractivity contribution in [3.05, 3.63) is 42.5 Å². The molecule has 10 nitrogen and oxygen atoms in total. The van der Waals surface area contributed by atoms with Crippen LogP contribution < -0.4 is 14.8 Å². The smallest absolute Gasteiger partial charge is 0.243 e. The average molecular weight is 544 g/mol. The van der Waals surface area contributed by atoms with E-state index in [-0.39, 0.29) is 23.3 Å². The SMILES string of the molecule is CCn1c(SCC(=O)Nc2ccc3c(c2)OCO3)nnc1-c1ccc(S(=O)(=O)N2CCCCCC2)cc1. The van der Waals surface area contributed by atoms with Gasteiger partial charge in [0, 0.05) is 37.0 Å². The maximum Gasteiger partial charge on any atom is 0.243 e. The van der Waals surface area contributed by atoms with E-state index in [1.165, 1.54) is 11.8 Å². The second-order valence-electron chi connectivity index (χ2n) is 8.80. The third kappa shape index (κ3) is 5.60. The average Bonchev–Trinajstić information content (AvgIpc) is 3.44. The second kappa shape index (κ2) is 11.1. The fourth-order valence-corrected chi connectivity index (χ4v) is 6.72. The van der Waals surface area contributed by atoms with Gasteiger partial charge in [-0.2, -0.15) is 4.31 Å². The largest absolute Gasteiger partial charge is 0.454 e. The number of ether oxygens (including phenoxy) is 2. The molecule has 5 rings (SSSR count). The molecule has 1 saturated heterocycles. The van der Waals surface area contributed by atoms with E-state index in [0.717, 1.165) is 31.2 Å². The van der Waals surface area contributed by atoms with Gasteiger partial charge in [0.15, 0.2) is 22.5 Å². The third-order valence-electron chi connectivity index (χ3n) is 6.34. The minimum Gasteiger partial charge on any atom is -0.454 e. The number of nitrogens with one attached hydrogen (secondary N) is 1. The summed E-state index contributed by atoms with van der Waals surface area (Å²) in [5.74, 6) is 1.85. The van der Waals surface area contributed by atoms with Crippen molar-refractivity contribution in [3.63, 3.8) is 0 Å². The van der Waals surface area contributed by atoms with Crippen LogP contribution in [0.15, 0.2) is 52.5 Å². The van der Waals surface area contributed by atoms with Crippen LogP contribution in [0.3, 0.4) is 0 Å². The van der Waals surface area contributed by atoms with Gasteiger partial charge in [-0.05, 0) is 56.2 Å². The lowest BCUT2D eigenvalue weighted by atomic mass is 10.2. The van der Waals surface area contributed by atoms with Gasteiger partial charge in [-0.1, -0.05) is 24.6 Å². The lowest BCUT2D eigenvalue weighted by molar-refractivity contribution is -0.113. The number of nitrogens with zero attached hydrogens (tertiary/aromatic N) is 4. The van der Waals surface area contributed by atoms with Crippen LogP contribution in [0.25, 0.3) is 11.4 Å². The molecule has 1 N–H and O–H groups in total. The molecule has 3 aromatic rings. The first kappa shape index (κ1) is 25.6. The minimum absolute atomic E-state index is 0.152. The molecule has 0 unspecified atom stereocenters. The van der Waals surface area contributed by atoms with Crippen molar-refractivity contribution in [3.8, 4) is 22.9 Å². The zero-order chi connectivity index (χ0) is 25.8. The van der Waals surface area contributed by atoms with Crippen molar-refractivity contribution in [1.82, 2.24) is 19.1 Å². The Morgan fingerprint density at radius 3 is 2.46 bits per heavy atom. The Hall–Kier alpha value is -3.09. The summed E-state index contributed by atoms with van der Waals surface area (Å²) in [5, 5.41) is 12.1. The van der Waals surface area contributed by atoms with E-state index >= 15 is 0 Å². The molecule has 196 valence electrons. The van der Waals surface area contributed by atoms with Gasteiger partial charge in [-0.3, -0.25) is 4.79 Å². The molecule has 2 aliphatic heterocycles. The minimum atomic E-state index is -3.52. The molecular formula is C25H29N5O5S2. The van der Waals surface area contributed by atoms with Gasteiger partial charge in [0.05, 0.1) is 10.6 Å². The number of carbonyl (C=O) groups is 1. The first-order valence-electron chi connectivity index (χ1n) is 12.3. The highest BCUT2D eigenvalue weighted by Crippen LogP contribution is 2.34. The van der Waals surface area contributed by atoms with Gasteiger partial charge in [0.2, 0.25) is 22.7 Å². The van der Waals surface area contributed by atoms with E-state index in [2.05, 4.69) is 15.5 Å². The Morgan fingerprint density at radius 1 is 1.00 bits per heavy atom.